The van der Waals surface area contributed by atoms with Crippen molar-refractivity contribution in [1.29, 1.82) is 10.7 Å². The minimum atomic E-state index is 0.628. The summed E-state index contributed by atoms with van der Waals surface area (Å²) in [6.45, 7) is 3.47. The number of nitriles is 1. The van der Waals surface area contributed by atoms with Gasteiger partial charge in [0.15, 0.2) is 5.88 Å². The molecule has 2 rings (SSSR count). The van der Waals surface area contributed by atoms with E-state index in [0.29, 0.717) is 18.1 Å². The summed E-state index contributed by atoms with van der Waals surface area (Å²) in [7, 11) is 0. The first-order valence-corrected chi connectivity index (χ1v) is 5.89. The zero-order chi connectivity index (χ0) is 13.0. The third-order valence-electron chi connectivity index (χ3n) is 2.89. The quantitative estimate of drug-likeness (QED) is 0.780. The van der Waals surface area contributed by atoms with Gasteiger partial charge >= 0.3 is 0 Å². The van der Waals surface area contributed by atoms with Crippen LogP contribution in [0.5, 0.6) is 0 Å². The molecular weight excluding hydrogens is 226 g/mol. The van der Waals surface area contributed by atoms with Crippen molar-refractivity contribution in [3.8, 4) is 6.07 Å². The molecule has 4 heteroatoms. The van der Waals surface area contributed by atoms with Gasteiger partial charge in [-0.25, -0.2) is 0 Å². The van der Waals surface area contributed by atoms with E-state index in [0.717, 1.165) is 29.7 Å². The number of hydrogen-bond donors (Lipinski definition) is 2. The molecule has 0 aliphatic carbocycles. The smallest absolute Gasteiger partial charge is 0.196 e. The average molecular weight is 241 g/mol. The first-order valence-electron chi connectivity index (χ1n) is 5.89. The van der Waals surface area contributed by atoms with Gasteiger partial charge in [0.1, 0.15) is 0 Å². The number of aryl methyl sites for hydroxylation is 1. The van der Waals surface area contributed by atoms with E-state index in [2.05, 4.69) is 11.4 Å². The maximum absolute atomic E-state index is 8.85. The minimum Gasteiger partial charge on any atom is -0.479 e. The van der Waals surface area contributed by atoms with Crippen LogP contribution in [0.1, 0.15) is 23.1 Å². The Kier molecular flexibility index (Phi) is 3.63. The summed E-state index contributed by atoms with van der Waals surface area (Å²) in [5.41, 5.74) is 3.25. The predicted octanol–water partition coefficient (Wildman–Crippen LogP) is 2.19. The molecule has 0 radical (unpaired) electrons. The molecule has 1 aliphatic heterocycles. The van der Waals surface area contributed by atoms with Gasteiger partial charge in [0.05, 0.1) is 23.8 Å². The van der Waals surface area contributed by atoms with E-state index in [1.165, 1.54) is 6.21 Å². The molecule has 0 saturated carbocycles. The SMILES string of the molecule is Cc1cc(C#N)ccc1/C(C=N)=C1/NCCCO1. The molecule has 1 saturated heterocycles. The van der Waals surface area contributed by atoms with Crippen LogP contribution in [0.15, 0.2) is 24.1 Å². The van der Waals surface area contributed by atoms with Crippen LogP contribution in [0, 0.1) is 23.7 Å². The summed E-state index contributed by atoms with van der Waals surface area (Å²) >= 11 is 0. The second-order valence-corrected chi connectivity index (χ2v) is 4.16. The molecule has 0 spiro atoms. The highest BCUT2D eigenvalue weighted by atomic mass is 16.5. The Balaban J connectivity index is 2.45. The van der Waals surface area contributed by atoms with Crippen LogP contribution in [-0.4, -0.2) is 19.4 Å². The molecule has 0 atom stereocenters. The van der Waals surface area contributed by atoms with Gasteiger partial charge in [0.25, 0.3) is 0 Å². The molecule has 0 aromatic heterocycles. The van der Waals surface area contributed by atoms with E-state index in [-0.39, 0.29) is 0 Å². The maximum Gasteiger partial charge on any atom is 0.196 e. The molecule has 1 heterocycles. The Labute approximate surface area is 106 Å². The number of rotatable bonds is 2. The monoisotopic (exact) mass is 241 g/mol. The standard InChI is InChI=1S/C14H15N3O/c1-10-7-11(8-15)3-4-12(10)13(9-16)14-17-5-2-6-18-14/h3-4,7,9,16-17H,2,5-6H2,1H3/b14-13-,16-9?. The van der Waals surface area contributed by atoms with Gasteiger partial charge in [-0.1, -0.05) is 6.07 Å². The van der Waals surface area contributed by atoms with Crippen LogP contribution in [0.4, 0.5) is 0 Å². The molecule has 1 aromatic carbocycles. The van der Waals surface area contributed by atoms with E-state index in [9.17, 15) is 0 Å². The average Bonchev–Trinajstić information content (AvgIpc) is 2.42. The maximum atomic E-state index is 8.85. The molecule has 1 aliphatic rings. The lowest BCUT2D eigenvalue weighted by atomic mass is 9.99. The third kappa shape index (κ3) is 2.35. The fourth-order valence-electron chi connectivity index (χ4n) is 1.97. The molecule has 1 aromatic rings. The highest BCUT2D eigenvalue weighted by molar-refractivity contribution is 6.09. The molecular formula is C14H15N3O. The highest BCUT2D eigenvalue weighted by Gasteiger charge is 2.14. The van der Waals surface area contributed by atoms with Crippen LogP contribution in [0.3, 0.4) is 0 Å². The summed E-state index contributed by atoms with van der Waals surface area (Å²) in [6.07, 6.45) is 2.27. The van der Waals surface area contributed by atoms with Crippen molar-refractivity contribution < 1.29 is 4.74 Å². The normalized spacial score (nSPS) is 17.1. The summed E-state index contributed by atoms with van der Waals surface area (Å²) in [5, 5.41) is 19.6. The van der Waals surface area contributed by atoms with Crippen LogP contribution in [-0.2, 0) is 4.74 Å². The first-order chi connectivity index (χ1) is 8.76. The second-order valence-electron chi connectivity index (χ2n) is 4.16. The van der Waals surface area contributed by atoms with Crippen molar-refractivity contribution in [2.75, 3.05) is 13.2 Å². The number of allylic oxidation sites excluding steroid dienone is 1. The molecule has 4 nitrogen and oxygen atoms in total. The Hall–Kier alpha value is -2.28. The van der Waals surface area contributed by atoms with Gasteiger partial charge in [-0.15, -0.1) is 0 Å². The Morgan fingerprint density at radius 1 is 1.56 bits per heavy atom. The minimum absolute atomic E-state index is 0.628. The number of benzene rings is 1. The van der Waals surface area contributed by atoms with Gasteiger partial charge in [-0.05, 0) is 36.6 Å². The van der Waals surface area contributed by atoms with Crippen molar-refractivity contribution in [3.63, 3.8) is 0 Å². The summed E-state index contributed by atoms with van der Waals surface area (Å²) in [6, 6.07) is 7.55. The molecule has 92 valence electrons. The van der Waals surface area contributed by atoms with E-state index in [4.69, 9.17) is 15.4 Å². The van der Waals surface area contributed by atoms with Crippen LogP contribution < -0.4 is 5.32 Å². The number of ether oxygens (including phenoxy) is 1. The van der Waals surface area contributed by atoms with Crippen molar-refractivity contribution in [2.45, 2.75) is 13.3 Å². The zero-order valence-corrected chi connectivity index (χ0v) is 10.3. The van der Waals surface area contributed by atoms with Gasteiger partial charge < -0.3 is 15.5 Å². The molecule has 0 amide bonds. The largest absolute Gasteiger partial charge is 0.479 e. The van der Waals surface area contributed by atoms with Crippen LogP contribution in [0.2, 0.25) is 0 Å². The third-order valence-corrected chi connectivity index (χ3v) is 2.89. The van der Waals surface area contributed by atoms with E-state index >= 15 is 0 Å². The van der Waals surface area contributed by atoms with Gasteiger partial charge in [-0.3, -0.25) is 0 Å². The second kappa shape index (κ2) is 5.37. The lowest BCUT2D eigenvalue weighted by Crippen LogP contribution is -2.26. The number of hydrogen-bond acceptors (Lipinski definition) is 4. The fourth-order valence-corrected chi connectivity index (χ4v) is 1.97. The summed E-state index contributed by atoms with van der Waals surface area (Å²) < 4.78 is 5.55. The van der Waals surface area contributed by atoms with Crippen LogP contribution >= 0.6 is 0 Å². The van der Waals surface area contributed by atoms with E-state index in [1.807, 2.05) is 19.1 Å². The van der Waals surface area contributed by atoms with Crippen molar-refractivity contribution >= 4 is 11.8 Å². The molecule has 18 heavy (non-hydrogen) atoms. The van der Waals surface area contributed by atoms with E-state index < -0.39 is 0 Å². The van der Waals surface area contributed by atoms with Gasteiger partial charge in [0.2, 0.25) is 0 Å². The molecule has 0 unspecified atom stereocenters. The first kappa shape index (κ1) is 12.2. The van der Waals surface area contributed by atoms with Crippen molar-refractivity contribution in [1.82, 2.24) is 5.32 Å². The lowest BCUT2D eigenvalue weighted by Gasteiger charge is -2.21. The van der Waals surface area contributed by atoms with Gasteiger partial charge in [-0.2, -0.15) is 5.26 Å². The summed E-state index contributed by atoms with van der Waals surface area (Å²) in [5.74, 6) is 0.657. The Morgan fingerprint density at radius 2 is 2.39 bits per heavy atom. The fraction of sp³-hybridized carbons (Fsp3) is 0.286. The molecule has 0 bridgehead atoms. The molecule has 1 fully saturated rings. The van der Waals surface area contributed by atoms with E-state index in [1.54, 1.807) is 6.07 Å². The van der Waals surface area contributed by atoms with Crippen molar-refractivity contribution in [2.24, 2.45) is 0 Å². The predicted molar refractivity (Wildman–Crippen MR) is 70.2 cm³/mol. The van der Waals surface area contributed by atoms with Crippen LogP contribution in [0.25, 0.3) is 5.57 Å². The topological polar surface area (TPSA) is 68.9 Å². The van der Waals surface area contributed by atoms with Crippen molar-refractivity contribution in [3.05, 3.63) is 40.8 Å². The highest BCUT2D eigenvalue weighted by Crippen LogP contribution is 2.22. The number of nitrogens with zero attached hydrogens (tertiary/aromatic N) is 1. The zero-order valence-electron chi connectivity index (χ0n) is 10.3. The Bertz CT molecular complexity index is 532. The van der Waals surface area contributed by atoms with Gasteiger partial charge in [0, 0.05) is 12.8 Å². The molecule has 2 N–H and O–H groups in total. The number of nitrogens with one attached hydrogen (secondary N) is 2. The summed E-state index contributed by atoms with van der Waals surface area (Å²) in [4.78, 5) is 0. The lowest BCUT2D eigenvalue weighted by molar-refractivity contribution is 0.160. The Morgan fingerprint density at radius 3 is 2.94 bits per heavy atom.